The number of nitrogens with zero attached hydrogens (tertiary/aromatic N) is 4. The second-order valence-electron chi connectivity index (χ2n) is 11.1. The van der Waals surface area contributed by atoms with E-state index in [0.29, 0.717) is 28.7 Å². The van der Waals surface area contributed by atoms with Gasteiger partial charge in [0.25, 0.3) is 5.91 Å². The van der Waals surface area contributed by atoms with Crippen LogP contribution in [-0.4, -0.2) is 65.2 Å². The maximum atomic E-state index is 13.6. The third-order valence-corrected chi connectivity index (χ3v) is 7.30. The van der Waals surface area contributed by atoms with Gasteiger partial charge in [-0.05, 0) is 75.9 Å². The fourth-order valence-electron chi connectivity index (χ4n) is 5.23. The minimum atomic E-state index is -0.346. The van der Waals surface area contributed by atoms with Crippen molar-refractivity contribution in [2.75, 3.05) is 42.9 Å². The number of rotatable bonds is 7. The van der Waals surface area contributed by atoms with Gasteiger partial charge in [-0.25, -0.2) is 4.98 Å². The Labute approximate surface area is 220 Å². The van der Waals surface area contributed by atoms with Crippen LogP contribution in [0.2, 0.25) is 0 Å². The molecule has 4 rings (SSSR count). The van der Waals surface area contributed by atoms with Gasteiger partial charge in [-0.1, -0.05) is 32.9 Å². The Morgan fingerprint density at radius 3 is 2.54 bits per heavy atom. The number of aromatic nitrogens is 1. The second-order valence-corrected chi connectivity index (χ2v) is 11.1. The number of anilines is 3. The van der Waals surface area contributed by atoms with E-state index in [1.165, 1.54) is 0 Å². The van der Waals surface area contributed by atoms with Gasteiger partial charge in [-0.15, -0.1) is 0 Å². The van der Waals surface area contributed by atoms with Gasteiger partial charge in [0.15, 0.2) is 5.82 Å². The fraction of sp³-hybridized carbons (Fsp3) is 0.517. The van der Waals surface area contributed by atoms with Crippen LogP contribution in [0.1, 0.15) is 63.7 Å². The molecule has 37 heavy (non-hydrogen) atoms. The quantitative estimate of drug-likeness (QED) is 0.590. The van der Waals surface area contributed by atoms with Crippen molar-refractivity contribution in [2.45, 2.75) is 53.4 Å². The lowest BCUT2D eigenvalue weighted by molar-refractivity contribution is -0.139. The lowest BCUT2D eigenvalue weighted by Crippen LogP contribution is -2.42. The molecule has 3 heterocycles. The lowest BCUT2D eigenvalue weighted by atomic mass is 9.91. The highest BCUT2D eigenvalue weighted by Gasteiger charge is 2.32. The number of benzene rings is 1. The van der Waals surface area contributed by atoms with Crippen LogP contribution in [0.4, 0.5) is 17.2 Å². The standard InChI is InChI=1S/C29H39N5O3/c1-5-33(28(37)29(2,3)4)17-9-10-21-14-18-32(19-15-21)20-25(35)34-24-13-7-6-11-22(24)27(36)31-23-12-8-16-30-26(23)34/h6-8,11-13,16,21H,5,9-10,14-15,17-20H2,1-4H3,(H,31,36). The van der Waals surface area contributed by atoms with Gasteiger partial charge in [0.2, 0.25) is 11.8 Å². The number of pyridine rings is 1. The zero-order chi connectivity index (χ0) is 26.6. The van der Waals surface area contributed by atoms with E-state index in [4.69, 9.17) is 0 Å². The molecule has 198 valence electrons. The van der Waals surface area contributed by atoms with Crippen LogP contribution in [-0.2, 0) is 9.59 Å². The first-order valence-corrected chi connectivity index (χ1v) is 13.4. The molecule has 1 fully saturated rings. The Hall–Kier alpha value is -3.26. The van der Waals surface area contributed by atoms with E-state index in [1.807, 2.05) is 38.7 Å². The summed E-state index contributed by atoms with van der Waals surface area (Å²) in [5, 5.41) is 2.89. The maximum absolute atomic E-state index is 13.6. The number of nitrogens with one attached hydrogen (secondary N) is 1. The predicted molar refractivity (Wildman–Crippen MR) is 146 cm³/mol. The molecule has 0 saturated carbocycles. The van der Waals surface area contributed by atoms with Crippen LogP contribution >= 0.6 is 0 Å². The Balaban J connectivity index is 1.35. The highest BCUT2D eigenvalue weighted by atomic mass is 16.2. The van der Waals surface area contributed by atoms with Gasteiger partial charge in [-0.2, -0.15) is 0 Å². The lowest BCUT2D eigenvalue weighted by Gasteiger charge is -2.34. The smallest absolute Gasteiger partial charge is 0.257 e. The molecule has 0 spiro atoms. The minimum absolute atomic E-state index is 0.0957. The average Bonchev–Trinajstić information content (AvgIpc) is 3.00. The highest BCUT2D eigenvalue weighted by Crippen LogP contribution is 2.36. The number of carbonyl (C=O) groups is 3. The number of hydrogen-bond donors (Lipinski definition) is 1. The fourth-order valence-corrected chi connectivity index (χ4v) is 5.23. The highest BCUT2D eigenvalue weighted by molar-refractivity contribution is 6.17. The molecule has 2 aliphatic heterocycles. The Bertz CT molecular complexity index is 1130. The summed E-state index contributed by atoms with van der Waals surface area (Å²) in [5.41, 5.74) is 1.20. The Morgan fingerprint density at radius 2 is 1.84 bits per heavy atom. The van der Waals surface area contributed by atoms with Gasteiger partial charge in [-0.3, -0.25) is 24.2 Å². The molecular formula is C29H39N5O3. The van der Waals surface area contributed by atoms with Crippen molar-refractivity contribution in [2.24, 2.45) is 11.3 Å². The first kappa shape index (κ1) is 26.8. The van der Waals surface area contributed by atoms with Crippen molar-refractivity contribution in [1.82, 2.24) is 14.8 Å². The van der Waals surface area contributed by atoms with Crippen LogP contribution in [0, 0.1) is 11.3 Å². The van der Waals surface area contributed by atoms with Crippen molar-refractivity contribution < 1.29 is 14.4 Å². The molecule has 0 unspecified atom stereocenters. The van der Waals surface area contributed by atoms with Crippen molar-refractivity contribution in [3.63, 3.8) is 0 Å². The summed E-state index contributed by atoms with van der Waals surface area (Å²) in [4.78, 5) is 49.2. The molecule has 0 atom stereocenters. The summed E-state index contributed by atoms with van der Waals surface area (Å²) in [6.07, 6.45) is 5.82. The topological polar surface area (TPSA) is 85.8 Å². The summed E-state index contributed by atoms with van der Waals surface area (Å²) < 4.78 is 0. The number of likely N-dealkylation sites (tertiary alicyclic amines) is 1. The first-order chi connectivity index (χ1) is 17.7. The largest absolute Gasteiger partial charge is 0.343 e. The molecule has 2 aliphatic rings. The molecule has 1 saturated heterocycles. The third kappa shape index (κ3) is 6.18. The summed E-state index contributed by atoms with van der Waals surface area (Å²) in [6, 6.07) is 10.7. The maximum Gasteiger partial charge on any atom is 0.257 e. The van der Waals surface area contributed by atoms with Crippen LogP contribution < -0.4 is 10.2 Å². The van der Waals surface area contributed by atoms with Gasteiger partial charge in [0, 0.05) is 24.7 Å². The average molecular weight is 506 g/mol. The van der Waals surface area contributed by atoms with Crippen molar-refractivity contribution in [3.8, 4) is 0 Å². The van der Waals surface area contributed by atoms with E-state index >= 15 is 0 Å². The second kappa shape index (κ2) is 11.4. The molecule has 1 aromatic heterocycles. The monoisotopic (exact) mass is 505 g/mol. The summed E-state index contributed by atoms with van der Waals surface area (Å²) >= 11 is 0. The van der Waals surface area contributed by atoms with E-state index in [-0.39, 0.29) is 29.7 Å². The van der Waals surface area contributed by atoms with Crippen molar-refractivity contribution >= 4 is 34.9 Å². The van der Waals surface area contributed by atoms with Crippen LogP contribution in [0.3, 0.4) is 0 Å². The number of para-hydroxylation sites is 1. The zero-order valence-electron chi connectivity index (χ0n) is 22.5. The molecule has 0 bridgehead atoms. The summed E-state index contributed by atoms with van der Waals surface area (Å²) in [6.45, 7) is 11.5. The third-order valence-electron chi connectivity index (χ3n) is 7.30. The Morgan fingerprint density at radius 1 is 1.11 bits per heavy atom. The van der Waals surface area contributed by atoms with Gasteiger partial charge < -0.3 is 10.2 Å². The van der Waals surface area contributed by atoms with Crippen LogP contribution in [0.5, 0.6) is 0 Å². The predicted octanol–water partition coefficient (Wildman–Crippen LogP) is 4.70. The Kier molecular flexibility index (Phi) is 8.27. The normalized spacial score (nSPS) is 16.4. The first-order valence-electron chi connectivity index (χ1n) is 13.4. The molecule has 3 amide bonds. The van der Waals surface area contributed by atoms with E-state index in [2.05, 4.69) is 15.2 Å². The van der Waals surface area contributed by atoms with E-state index < -0.39 is 0 Å². The minimum Gasteiger partial charge on any atom is -0.343 e. The van der Waals surface area contributed by atoms with Crippen molar-refractivity contribution in [1.29, 1.82) is 0 Å². The molecule has 0 aliphatic carbocycles. The van der Waals surface area contributed by atoms with Crippen molar-refractivity contribution in [3.05, 3.63) is 48.2 Å². The molecule has 8 heteroatoms. The molecule has 8 nitrogen and oxygen atoms in total. The van der Waals surface area contributed by atoms with E-state index in [1.54, 1.807) is 41.4 Å². The van der Waals surface area contributed by atoms with Gasteiger partial charge in [0.05, 0.1) is 23.5 Å². The number of piperidine rings is 1. The van der Waals surface area contributed by atoms with Crippen LogP contribution in [0.25, 0.3) is 0 Å². The summed E-state index contributed by atoms with van der Waals surface area (Å²) in [5.74, 6) is 0.934. The molecule has 0 radical (unpaired) electrons. The van der Waals surface area contributed by atoms with E-state index in [9.17, 15) is 14.4 Å². The molecule has 2 aromatic rings. The molecular weight excluding hydrogens is 466 g/mol. The van der Waals surface area contributed by atoms with E-state index in [0.717, 1.165) is 51.9 Å². The zero-order valence-corrected chi connectivity index (χ0v) is 22.5. The van der Waals surface area contributed by atoms with Gasteiger partial charge in [0.1, 0.15) is 0 Å². The number of amides is 3. The molecule has 1 N–H and O–H groups in total. The molecule has 1 aromatic carbocycles. The van der Waals surface area contributed by atoms with Gasteiger partial charge >= 0.3 is 0 Å². The SMILES string of the molecule is CCN(CCCC1CCN(CC(=O)N2c3ccccc3C(=O)Nc3cccnc32)CC1)C(=O)C(C)(C)C. The number of carbonyl (C=O) groups excluding carboxylic acids is 3. The summed E-state index contributed by atoms with van der Waals surface area (Å²) in [7, 11) is 0. The van der Waals surface area contributed by atoms with Crippen LogP contribution in [0.15, 0.2) is 42.6 Å². The number of fused-ring (bicyclic) bond motifs is 2. The number of hydrogen-bond acceptors (Lipinski definition) is 5.